The first-order chi connectivity index (χ1) is 8.97. The Bertz CT molecular complexity index is 527. The number of hydrogen-bond donors (Lipinski definition) is 0. The van der Waals surface area contributed by atoms with Gasteiger partial charge in [-0.05, 0) is 24.3 Å². The van der Waals surface area contributed by atoms with Crippen LogP contribution < -0.4 is 0 Å². The van der Waals surface area contributed by atoms with E-state index in [-0.39, 0.29) is 37.2 Å². The summed E-state index contributed by atoms with van der Waals surface area (Å²) in [5, 5.41) is 0.544. The lowest BCUT2D eigenvalue weighted by molar-refractivity contribution is -0.148. The Labute approximate surface area is 115 Å². The third kappa shape index (κ3) is 3.12. The second kappa shape index (κ2) is 5.40. The average molecular weight is 281 g/mol. The van der Waals surface area contributed by atoms with E-state index in [2.05, 4.69) is 0 Å². The lowest BCUT2D eigenvalue weighted by Gasteiger charge is -2.31. The molecule has 1 aromatic carbocycles. The molecule has 2 amide bonds. The lowest BCUT2D eigenvalue weighted by atomic mass is 10.1. The van der Waals surface area contributed by atoms with Crippen LogP contribution in [-0.4, -0.2) is 54.1 Å². The number of halogens is 1. The van der Waals surface area contributed by atoms with Gasteiger partial charge in [-0.15, -0.1) is 0 Å². The van der Waals surface area contributed by atoms with Crippen molar-refractivity contribution in [2.24, 2.45) is 0 Å². The highest BCUT2D eigenvalue weighted by atomic mass is 35.5. The third-order valence-electron chi connectivity index (χ3n) is 2.98. The number of ketones is 1. The number of carbonyl (C=O) groups is 3. The average Bonchev–Trinajstić information content (AvgIpc) is 2.36. The SMILES string of the molecule is CN1CC(=O)N(CC(=O)c2ccc(Cl)cc2)CC1=O. The summed E-state index contributed by atoms with van der Waals surface area (Å²) in [5.41, 5.74) is 0.476. The van der Waals surface area contributed by atoms with Gasteiger partial charge in [0.05, 0.1) is 13.1 Å². The van der Waals surface area contributed by atoms with Gasteiger partial charge in [0.15, 0.2) is 5.78 Å². The van der Waals surface area contributed by atoms with Crippen LogP contribution in [0, 0.1) is 0 Å². The highest BCUT2D eigenvalue weighted by Crippen LogP contribution is 2.11. The quantitative estimate of drug-likeness (QED) is 0.771. The molecule has 2 rings (SSSR count). The van der Waals surface area contributed by atoms with Gasteiger partial charge in [-0.3, -0.25) is 14.4 Å². The topological polar surface area (TPSA) is 57.7 Å². The molecule has 0 saturated carbocycles. The Hall–Kier alpha value is -1.88. The fraction of sp³-hybridized carbons (Fsp3) is 0.308. The maximum Gasteiger partial charge on any atom is 0.243 e. The van der Waals surface area contributed by atoms with E-state index < -0.39 is 0 Å². The first-order valence-corrected chi connectivity index (χ1v) is 6.15. The molecule has 1 aliphatic rings. The highest BCUT2D eigenvalue weighted by Gasteiger charge is 2.28. The molecule has 100 valence electrons. The van der Waals surface area contributed by atoms with Crippen LogP contribution in [0.15, 0.2) is 24.3 Å². The Morgan fingerprint density at radius 3 is 2.42 bits per heavy atom. The summed E-state index contributed by atoms with van der Waals surface area (Å²) in [4.78, 5) is 37.9. The summed E-state index contributed by atoms with van der Waals surface area (Å²) < 4.78 is 0. The highest BCUT2D eigenvalue weighted by molar-refractivity contribution is 6.30. The predicted molar refractivity (Wildman–Crippen MR) is 70.0 cm³/mol. The van der Waals surface area contributed by atoms with Crippen molar-refractivity contribution in [3.05, 3.63) is 34.9 Å². The molecule has 0 radical (unpaired) electrons. The van der Waals surface area contributed by atoms with Gasteiger partial charge in [-0.1, -0.05) is 11.6 Å². The Morgan fingerprint density at radius 2 is 1.79 bits per heavy atom. The first-order valence-electron chi connectivity index (χ1n) is 5.78. The van der Waals surface area contributed by atoms with Crippen molar-refractivity contribution in [3.8, 4) is 0 Å². The van der Waals surface area contributed by atoms with Crippen LogP contribution >= 0.6 is 11.6 Å². The number of nitrogens with zero attached hydrogens (tertiary/aromatic N) is 2. The molecule has 0 N–H and O–H groups in total. The molecule has 0 atom stereocenters. The standard InChI is InChI=1S/C13H13ClN2O3/c1-15-7-13(19)16(8-12(15)18)6-11(17)9-2-4-10(14)5-3-9/h2-5H,6-8H2,1H3. The lowest BCUT2D eigenvalue weighted by Crippen LogP contribution is -2.53. The van der Waals surface area contributed by atoms with Crippen LogP contribution in [0.5, 0.6) is 0 Å². The van der Waals surface area contributed by atoms with Crippen molar-refractivity contribution in [2.75, 3.05) is 26.7 Å². The maximum atomic E-state index is 12.0. The molecule has 0 unspecified atom stereocenters. The van der Waals surface area contributed by atoms with Crippen LogP contribution in [0.1, 0.15) is 10.4 Å². The minimum Gasteiger partial charge on any atom is -0.335 e. The number of carbonyl (C=O) groups excluding carboxylic acids is 3. The molecule has 1 saturated heterocycles. The van der Waals surface area contributed by atoms with E-state index >= 15 is 0 Å². The summed E-state index contributed by atoms with van der Waals surface area (Å²) in [7, 11) is 1.57. The number of likely N-dealkylation sites (N-methyl/N-ethyl adjacent to an activating group) is 1. The molecule has 1 fully saturated rings. The van der Waals surface area contributed by atoms with E-state index in [9.17, 15) is 14.4 Å². The van der Waals surface area contributed by atoms with Crippen molar-refractivity contribution in [1.82, 2.24) is 9.80 Å². The van der Waals surface area contributed by atoms with Gasteiger partial charge in [0.25, 0.3) is 0 Å². The molecule has 0 bridgehead atoms. The van der Waals surface area contributed by atoms with Crippen LogP contribution in [0.25, 0.3) is 0 Å². The molecular formula is C13H13ClN2O3. The molecule has 0 aromatic heterocycles. The normalized spacial score (nSPS) is 15.9. The molecule has 19 heavy (non-hydrogen) atoms. The number of hydrogen-bond acceptors (Lipinski definition) is 3. The summed E-state index contributed by atoms with van der Waals surface area (Å²) in [6, 6.07) is 6.44. The monoisotopic (exact) mass is 280 g/mol. The number of piperazine rings is 1. The summed E-state index contributed by atoms with van der Waals surface area (Å²) in [5.74, 6) is -0.588. The minimum atomic E-state index is -0.218. The van der Waals surface area contributed by atoms with Crippen LogP contribution in [0.3, 0.4) is 0 Å². The van der Waals surface area contributed by atoms with Gasteiger partial charge >= 0.3 is 0 Å². The van der Waals surface area contributed by atoms with Crippen LogP contribution in [0.4, 0.5) is 0 Å². The van der Waals surface area contributed by atoms with E-state index in [0.717, 1.165) is 0 Å². The van der Waals surface area contributed by atoms with Gasteiger partial charge < -0.3 is 9.80 Å². The molecule has 1 aliphatic heterocycles. The van der Waals surface area contributed by atoms with E-state index in [1.807, 2.05) is 0 Å². The van der Waals surface area contributed by atoms with Gasteiger partial charge in [0, 0.05) is 17.6 Å². The second-order valence-electron chi connectivity index (χ2n) is 4.43. The zero-order valence-electron chi connectivity index (χ0n) is 10.4. The second-order valence-corrected chi connectivity index (χ2v) is 4.87. The van der Waals surface area contributed by atoms with Crippen molar-refractivity contribution in [1.29, 1.82) is 0 Å². The third-order valence-corrected chi connectivity index (χ3v) is 3.23. The molecule has 1 heterocycles. The van der Waals surface area contributed by atoms with Gasteiger partial charge in [-0.25, -0.2) is 0 Å². The molecular weight excluding hydrogens is 268 g/mol. The fourth-order valence-electron chi connectivity index (χ4n) is 1.81. The van der Waals surface area contributed by atoms with E-state index in [1.165, 1.54) is 9.80 Å². The summed E-state index contributed by atoms with van der Waals surface area (Å²) in [6.45, 7) is -0.110. The zero-order chi connectivity index (χ0) is 14.0. The first kappa shape index (κ1) is 13.5. The molecule has 0 aliphatic carbocycles. The van der Waals surface area contributed by atoms with E-state index in [0.29, 0.717) is 10.6 Å². The molecule has 5 nitrogen and oxygen atoms in total. The van der Waals surface area contributed by atoms with Crippen LogP contribution in [0.2, 0.25) is 5.02 Å². The van der Waals surface area contributed by atoms with Gasteiger partial charge in [0.2, 0.25) is 11.8 Å². The summed E-state index contributed by atoms with van der Waals surface area (Å²) in [6.07, 6.45) is 0. The predicted octanol–water partition coefficient (Wildman–Crippen LogP) is 0.823. The molecule has 0 spiro atoms. The number of rotatable bonds is 3. The van der Waals surface area contributed by atoms with Crippen LogP contribution in [-0.2, 0) is 9.59 Å². The number of benzene rings is 1. The number of Topliss-reactive ketones (excluding diaryl/α,β-unsaturated/α-hetero) is 1. The Balaban J connectivity index is 2.04. The zero-order valence-corrected chi connectivity index (χ0v) is 11.2. The summed E-state index contributed by atoms with van der Waals surface area (Å²) >= 11 is 5.74. The van der Waals surface area contributed by atoms with Gasteiger partial charge in [0.1, 0.15) is 6.54 Å². The van der Waals surface area contributed by atoms with Crippen molar-refractivity contribution < 1.29 is 14.4 Å². The molecule has 1 aromatic rings. The van der Waals surface area contributed by atoms with Crippen molar-refractivity contribution in [3.63, 3.8) is 0 Å². The molecule has 6 heteroatoms. The fourth-order valence-corrected chi connectivity index (χ4v) is 1.93. The van der Waals surface area contributed by atoms with E-state index in [4.69, 9.17) is 11.6 Å². The van der Waals surface area contributed by atoms with Gasteiger partial charge in [-0.2, -0.15) is 0 Å². The van der Waals surface area contributed by atoms with Crippen molar-refractivity contribution in [2.45, 2.75) is 0 Å². The maximum absolute atomic E-state index is 12.0. The Morgan fingerprint density at radius 1 is 1.16 bits per heavy atom. The van der Waals surface area contributed by atoms with Crippen molar-refractivity contribution >= 4 is 29.2 Å². The minimum absolute atomic E-state index is 0.0206. The number of amides is 2. The largest absolute Gasteiger partial charge is 0.335 e. The Kier molecular flexibility index (Phi) is 3.85. The van der Waals surface area contributed by atoms with E-state index in [1.54, 1.807) is 31.3 Å². The smallest absolute Gasteiger partial charge is 0.243 e.